The van der Waals surface area contributed by atoms with Crippen molar-refractivity contribution in [3.05, 3.63) is 47.5 Å². The Morgan fingerprint density at radius 2 is 1.89 bits per heavy atom. The van der Waals surface area contributed by atoms with E-state index in [0.717, 1.165) is 10.8 Å². The molecule has 19 heavy (non-hydrogen) atoms. The number of nitrogens with one attached hydrogen (secondary N) is 1. The van der Waals surface area contributed by atoms with Crippen molar-refractivity contribution in [3.8, 4) is 0 Å². The molecule has 1 amide bonds. The molecule has 0 radical (unpaired) electrons. The third-order valence-electron chi connectivity index (χ3n) is 2.45. The molecule has 4 nitrogen and oxygen atoms in total. The smallest absolute Gasteiger partial charge is 0.222 e. The fourth-order valence-electron chi connectivity index (χ4n) is 1.49. The minimum absolute atomic E-state index is 0.144. The lowest BCUT2D eigenvalue weighted by molar-refractivity contribution is -0.114. The lowest BCUT2D eigenvalue weighted by Crippen LogP contribution is -2.07. The largest absolute Gasteiger partial charge is 0.309 e. The van der Waals surface area contributed by atoms with E-state index >= 15 is 0 Å². The highest BCUT2D eigenvalue weighted by molar-refractivity contribution is 7.98. The van der Waals surface area contributed by atoms with Gasteiger partial charge in [-0.25, -0.2) is 0 Å². The zero-order valence-electron chi connectivity index (χ0n) is 10.9. The number of carbonyl (C=O) groups is 1. The molecule has 98 valence electrons. The molecule has 0 spiro atoms. The number of amides is 1. The van der Waals surface area contributed by atoms with Crippen molar-refractivity contribution in [1.29, 1.82) is 0 Å². The van der Waals surface area contributed by atoms with Gasteiger partial charge in [-0.2, -0.15) is 0 Å². The second-order valence-electron chi connectivity index (χ2n) is 4.21. The molecule has 2 aromatic rings. The Bertz CT molecular complexity index is 552. The zero-order valence-corrected chi connectivity index (χ0v) is 11.7. The summed E-state index contributed by atoms with van der Waals surface area (Å²) in [6.45, 7) is 3.52. The molecule has 0 fully saturated rings. The topological polar surface area (TPSA) is 54.9 Å². The third-order valence-corrected chi connectivity index (χ3v) is 3.44. The van der Waals surface area contributed by atoms with Crippen LogP contribution < -0.4 is 5.32 Å². The molecular weight excluding hydrogens is 258 g/mol. The predicted molar refractivity (Wildman–Crippen MR) is 77.1 cm³/mol. The lowest BCUT2D eigenvalue weighted by Gasteiger charge is -2.03. The Morgan fingerprint density at radius 1 is 1.16 bits per heavy atom. The van der Waals surface area contributed by atoms with E-state index in [1.165, 1.54) is 18.1 Å². The number of hydrogen-bond acceptors (Lipinski definition) is 4. The first kappa shape index (κ1) is 13.5. The van der Waals surface area contributed by atoms with Gasteiger partial charge in [0, 0.05) is 12.7 Å². The summed E-state index contributed by atoms with van der Waals surface area (Å²) < 4.78 is 0. The summed E-state index contributed by atoms with van der Waals surface area (Å²) >= 11 is 1.62. The van der Waals surface area contributed by atoms with Crippen molar-refractivity contribution in [1.82, 2.24) is 10.2 Å². The van der Waals surface area contributed by atoms with Crippen LogP contribution in [0, 0.1) is 6.92 Å². The normalized spacial score (nSPS) is 10.2. The highest BCUT2D eigenvalue weighted by Gasteiger charge is 2.01. The molecule has 1 N–H and O–H groups in total. The van der Waals surface area contributed by atoms with Crippen LogP contribution in [0.15, 0.2) is 41.4 Å². The Kier molecular flexibility index (Phi) is 4.52. The van der Waals surface area contributed by atoms with Crippen LogP contribution in [0.3, 0.4) is 0 Å². The van der Waals surface area contributed by atoms with E-state index in [-0.39, 0.29) is 5.91 Å². The first-order valence-corrected chi connectivity index (χ1v) is 6.92. The van der Waals surface area contributed by atoms with Gasteiger partial charge >= 0.3 is 0 Å². The van der Waals surface area contributed by atoms with Crippen LogP contribution in [0.4, 0.5) is 5.82 Å². The molecule has 1 heterocycles. The quantitative estimate of drug-likeness (QED) is 0.870. The Labute approximate surface area is 116 Å². The maximum atomic E-state index is 10.9. The molecule has 0 saturated carbocycles. The van der Waals surface area contributed by atoms with E-state index in [1.807, 2.05) is 6.07 Å². The van der Waals surface area contributed by atoms with Crippen molar-refractivity contribution in [2.24, 2.45) is 0 Å². The summed E-state index contributed by atoms with van der Waals surface area (Å²) in [4.78, 5) is 10.9. The maximum Gasteiger partial charge on any atom is 0.222 e. The van der Waals surface area contributed by atoms with Gasteiger partial charge in [0.1, 0.15) is 5.03 Å². The Morgan fingerprint density at radius 3 is 2.47 bits per heavy atom. The summed E-state index contributed by atoms with van der Waals surface area (Å²) in [6.07, 6.45) is 0. The number of rotatable bonds is 4. The van der Waals surface area contributed by atoms with E-state index in [4.69, 9.17) is 0 Å². The predicted octanol–water partition coefficient (Wildman–Crippen LogP) is 3.04. The van der Waals surface area contributed by atoms with Crippen LogP contribution in [-0.4, -0.2) is 16.1 Å². The van der Waals surface area contributed by atoms with Crippen molar-refractivity contribution in [3.63, 3.8) is 0 Å². The molecular formula is C14H15N3OS. The van der Waals surface area contributed by atoms with Crippen LogP contribution in [0.1, 0.15) is 18.1 Å². The summed E-state index contributed by atoms with van der Waals surface area (Å²) in [6, 6.07) is 12.0. The average molecular weight is 273 g/mol. The van der Waals surface area contributed by atoms with E-state index < -0.39 is 0 Å². The van der Waals surface area contributed by atoms with Crippen molar-refractivity contribution < 1.29 is 4.79 Å². The molecule has 0 aliphatic heterocycles. The first-order valence-electron chi connectivity index (χ1n) is 5.93. The van der Waals surface area contributed by atoms with E-state index in [1.54, 1.807) is 17.8 Å². The first-order chi connectivity index (χ1) is 9.13. The van der Waals surface area contributed by atoms with E-state index in [2.05, 4.69) is 46.7 Å². The molecule has 1 aromatic heterocycles. The van der Waals surface area contributed by atoms with Crippen molar-refractivity contribution in [2.75, 3.05) is 5.32 Å². The number of hydrogen-bond donors (Lipinski definition) is 1. The van der Waals surface area contributed by atoms with Crippen LogP contribution in [0.2, 0.25) is 0 Å². The maximum absolute atomic E-state index is 10.9. The Balaban J connectivity index is 1.92. The summed E-state index contributed by atoms with van der Waals surface area (Å²) in [7, 11) is 0. The zero-order chi connectivity index (χ0) is 13.7. The minimum atomic E-state index is -0.144. The standard InChI is InChI=1S/C14H15N3OS/c1-10-3-5-12(6-4-10)9-19-14-8-7-13(16-17-14)15-11(2)18/h3-8H,9H2,1-2H3,(H,15,16,18). The number of benzene rings is 1. The number of nitrogens with zero attached hydrogens (tertiary/aromatic N) is 2. The molecule has 0 aliphatic carbocycles. The number of aromatic nitrogens is 2. The van der Waals surface area contributed by atoms with Crippen LogP contribution >= 0.6 is 11.8 Å². The second-order valence-corrected chi connectivity index (χ2v) is 5.21. The van der Waals surface area contributed by atoms with Gasteiger partial charge in [-0.05, 0) is 24.6 Å². The fraction of sp³-hybridized carbons (Fsp3) is 0.214. The number of aryl methyl sites for hydroxylation is 1. The second kappa shape index (κ2) is 6.33. The monoisotopic (exact) mass is 273 g/mol. The highest BCUT2D eigenvalue weighted by Crippen LogP contribution is 2.21. The number of carbonyl (C=O) groups excluding carboxylic acids is 1. The molecule has 0 saturated heterocycles. The van der Waals surface area contributed by atoms with Crippen molar-refractivity contribution >= 4 is 23.5 Å². The van der Waals surface area contributed by atoms with E-state index in [0.29, 0.717) is 5.82 Å². The minimum Gasteiger partial charge on any atom is -0.309 e. The molecule has 5 heteroatoms. The summed E-state index contributed by atoms with van der Waals surface area (Å²) in [5.41, 5.74) is 2.51. The summed E-state index contributed by atoms with van der Waals surface area (Å²) in [5.74, 6) is 1.19. The van der Waals surface area contributed by atoms with Gasteiger partial charge in [-0.3, -0.25) is 4.79 Å². The van der Waals surface area contributed by atoms with Crippen molar-refractivity contribution in [2.45, 2.75) is 24.6 Å². The fourth-order valence-corrected chi connectivity index (χ4v) is 2.26. The van der Waals surface area contributed by atoms with Crippen LogP contribution in [0.25, 0.3) is 0 Å². The van der Waals surface area contributed by atoms with Crippen LogP contribution in [-0.2, 0) is 10.5 Å². The van der Waals surface area contributed by atoms with Gasteiger partial charge in [0.2, 0.25) is 5.91 Å². The van der Waals surface area contributed by atoms with Crippen LogP contribution in [0.5, 0.6) is 0 Å². The third kappa shape index (κ3) is 4.37. The van der Waals surface area contributed by atoms with Gasteiger partial charge in [-0.15, -0.1) is 10.2 Å². The van der Waals surface area contributed by atoms with Gasteiger partial charge in [0.25, 0.3) is 0 Å². The molecule has 2 rings (SSSR count). The van der Waals surface area contributed by atoms with Gasteiger partial charge in [0.15, 0.2) is 5.82 Å². The highest BCUT2D eigenvalue weighted by atomic mass is 32.2. The molecule has 0 bridgehead atoms. The number of thioether (sulfide) groups is 1. The summed E-state index contributed by atoms with van der Waals surface area (Å²) in [5, 5.41) is 11.4. The average Bonchev–Trinajstić information content (AvgIpc) is 2.39. The van der Waals surface area contributed by atoms with E-state index in [9.17, 15) is 4.79 Å². The Hall–Kier alpha value is -1.88. The SMILES string of the molecule is CC(=O)Nc1ccc(SCc2ccc(C)cc2)nn1. The van der Waals surface area contributed by atoms with Gasteiger partial charge in [-0.1, -0.05) is 41.6 Å². The molecule has 0 unspecified atom stereocenters. The lowest BCUT2D eigenvalue weighted by atomic mass is 10.2. The molecule has 0 aliphatic rings. The van der Waals surface area contributed by atoms with Gasteiger partial charge in [0.05, 0.1) is 0 Å². The van der Waals surface area contributed by atoms with Gasteiger partial charge < -0.3 is 5.32 Å². The molecule has 1 aromatic carbocycles. The number of anilines is 1. The molecule has 0 atom stereocenters.